The molecule has 1 aliphatic heterocycles. The van der Waals surface area contributed by atoms with Crippen molar-refractivity contribution in [2.24, 2.45) is 0 Å². The van der Waals surface area contributed by atoms with Crippen LogP contribution in [0.25, 0.3) is 10.6 Å². The van der Waals surface area contributed by atoms with E-state index in [0.29, 0.717) is 5.95 Å². The highest BCUT2D eigenvalue weighted by Gasteiger charge is 2.25. The molecule has 1 amide bonds. The van der Waals surface area contributed by atoms with Gasteiger partial charge in [-0.2, -0.15) is 9.36 Å². The highest BCUT2D eigenvalue weighted by molar-refractivity contribution is 7.09. The minimum absolute atomic E-state index is 0.0568. The van der Waals surface area contributed by atoms with Crippen molar-refractivity contribution >= 4 is 23.4 Å². The van der Waals surface area contributed by atoms with Gasteiger partial charge in [-0.3, -0.25) is 10.1 Å². The zero-order valence-corrected chi connectivity index (χ0v) is 10.4. The molecule has 6 heteroatoms. The minimum atomic E-state index is -0.0892. The summed E-state index contributed by atoms with van der Waals surface area (Å²) in [5.41, 5.74) is 1.01. The molecule has 92 valence electrons. The number of nitrogens with one attached hydrogen (secondary N) is 2. The summed E-state index contributed by atoms with van der Waals surface area (Å²) < 4.78 is 4.14. The topological polar surface area (TPSA) is 66.9 Å². The Kier molecular flexibility index (Phi) is 3.04. The van der Waals surface area contributed by atoms with Crippen LogP contribution < -0.4 is 10.6 Å². The van der Waals surface area contributed by atoms with Crippen LogP contribution in [0.1, 0.15) is 6.42 Å². The van der Waals surface area contributed by atoms with Crippen LogP contribution in [0.3, 0.4) is 0 Å². The molecule has 1 aliphatic rings. The quantitative estimate of drug-likeness (QED) is 0.877. The summed E-state index contributed by atoms with van der Waals surface area (Å²) in [5, 5.41) is 6.57. The number of aromatic nitrogens is 2. The first-order chi connectivity index (χ1) is 8.83. The van der Waals surface area contributed by atoms with Crippen LogP contribution in [-0.2, 0) is 4.79 Å². The first kappa shape index (κ1) is 11.3. The number of carbonyl (C=O) groups is 1. The maximum Gasteiger partial charge on any atom is 0.243 e. The number of benzene rings is 1. The smallest absolute Gasteiger partial charge is 0.243 e. The zero-order chi connectivity index (χ0) is 12.4. The Morgan fingerprint density at radius 2 is 2.17 bits per heavy atom. The fraction of sp³-hybridized carbons (Fsp3) is 0.250. The first-order valence-electron chi connectivity index (χ1n) is 5.76. The monoisotopic (exact) mass is 260 g/mol. The van der Waals surface area contributed by atoms with E-state index in [1.165, 1.54) is 11.5 Å². The van der Waals surface area contributed by atoms with Crippen molar-refractivity contribution in [3.63, 3.8) is 0 Å². The molecule has 1 unspecified atom stereocenters. The maximum atomic E-state index is 11.7. The third-order valence-electron chi connectivity index (χ3n) is 2.82. The largest absolute Gasteiger partial charge is 0.306 e. The van der Waals surface area contributed by atoms with Crippen molar-refractivity contribution in [2.45, 2.75) is 12.5 Å². The summed E-state index contributed by atoms with van der Waals surface area (Å²) in [6.45, 7) is 0.901. The highest BCUT2D eigenvalue weighted by Crippen LogP contribution is 2.22. The average molecular weight is 260 g/mol. The molecule has 1 aromatic heterocycles. The standard InChI is InChI=1S/C12H12N4OS/c17-10(9-6-7-13-9)14-12-15-11(18-16-12)8-4-2-1-3-5-8/h1-5,9,13H,6-7H2,(H,14,16,17). The van der Waals surface area contributed by atoms with E-state index in [0.717, 1.165) is 23.5 Å². The second kappa shape index (κ2) is 4.83. The number of amides is 1. The highest BCUT2D eigenvalue weighted by atomic mass is 32.1. The Balaban J connectivity index is 1.71. The van der Waals surface area contributed by atoms with E-state index in [1.807, 2.05) is 30.3 Å². The zero-order valence-electron chi connectivity index (χ0n) is 9.59. The van der Waals surface area contributed by atoms with Crippen molar-refractivity contribution < 1.29 is 4.79 Å². The Hall–Kier alpha value is -1.79. The molecular formula is C12H12N4OS. The maximum absolute atomic E-state index is 11.7. The molecule has 1 atom stereocenters. The molecule has 2 N–H and O–H groups in total. The number of anilines is 1. The van der Waals surface area contributed by atoms with Crippen LogP contribution in [0.2, 0.25) is 0 Å². The number of hydrogen-bond acceptors (Lipinski definition) is 5. The summed E-state index contributed by atoms with van der Waals surface area (Å²) in [6, 6.07) is 9.71. The molecule has 0 bridgehead atoms. The van der Waals surface area contributed by atoms with E-state index < -0.39 is 0 Å². The van der Waals surface area contributed by atoms with Crippen LogP contribution in [0.4, 0.5) is 5.95 Å². The fourth-order valence-corrected chi connectivity index (χ4v) is 2.31. The van der Waals surface area contributed by atoms with Crippen molar-refractivity contribution in [3.05, 3.63) is 30.3 Å². The van der Waals surface area contributed by atoms with Crippen molar-refractivity contribution in [1.82, 2.24) is 14.7 Å². The van der Waals surface area contributed by atoms with Gasteiger partial charge in [-0.1, -0.05) is 30.3 Å². The minimum Gasteiger partial charge on any atom is -0.306 e. The third kappa shape index (κ3) is 2.25. The van der Waals surface area contributed by atoms with Gasteiger partial charge in [-0.15, -0.1) is 0 Å². The molecule has 2 heterocycles. The summed E-state index contributed by atoms with van der Waals surface area (Å²) in [6.07, 6.45) is 0.877. The van der Waals surface area contributed by atoms with Crippen molar-refractivity contribution in [3.8, 4) is 10.6 Å². The van der Waals surface area contributed by atoms with Gasteiger partial charge in [0.05, 0.1) is 6.04 Å². The molecule has 0 aliphatic carbocycles. The lowest BCUT2D eigenvalue weighted by Crippen LogP contribution is -2.50. The van der Waals surface area contributed by atoms with Crippen molar-refractivity contribution in [1.29, 1.82) is 0 Å². The Morgan fingerprint density at radius 1 is 1.39 bits per heavy atom. The van der Waals surface area contributed by atoms with Crippen LogP contribution in [0.5, 0.6) is 0 Å². The van der Waals surface area contributed by atoms with Crippen LogP contribution in [-0.4, -0.2) is 27.9 Å². The van der Waals surface area contributed by atoms with Gasteiger partial charge in [0.1, 0.15) is 5.01 Å². The van der Waals surface area contributed by atoms with Crippen LogP contribution in [0.15, 0.2) is 30.3 Å². The van der Waals surface area contributed by atoms with Gasteiger partial charge in [0.25, 0.3) is 0 Å². The predicted molar refractivity (Wildman–Crippen MR) is 70.4 cm³/mol. The second-order valence-electron chi connectivity index (χ2n) is 4.07. The SMILES string of the molecule is O=C(Nc1nsc(-c2ccccc2)n1)C1CCN1. The molecule has 18 heavy (non-hydrogen) atoms. The Bertz CT molecular complexity index is 550. The number of nitrogens with zero attached hydrogens (tertiary/aromatic N) is 2. The van der Waals surface area contributed by atoms with Crippen molar-refractivity contribution in [2.75, 3.05) is 11.9 Å². The average Bonchev–Trinajstić information content (AvgIpc) is 2.76. The molecule has 0 radical (unpaired) electrons. The Labute approximate surface area is 108 Å². The van der Waals surface area contributed by atoms with E-state index in [9.17, 15) is 4.79 Å². The summed E-state index contributed by atoms with van der Waals surface area (Å²) >= 11 is 1.29. The first-order valence-corrected chi connectivity index (χ1v) is 6.53. The normalized spacial score (nSPS) is 18.1. The van der Waals surface area contributed by atoms with E-state index >= 15 is 0 Å². The van der Waals surface area contributed by atoms with Gasteiger partial charge in [0.2, 0.25) is 11.9 Å². The van der Waals surface area contributed by atoms with Gasteiger partial charge < -0.3 is 5.32 Å². The molecule has 1 fully saturated rings. The molecule has 1 aromatic carbocycles. The van der Waals surface area contributed by atoms with E-state index in [2.05, 4.69) is 20.0 Å². The van der Waals surface area contributed by atoms with E-state index in [-0.39, 0.29) is 11.9 Å². The lowest BCUT2D eigenvalue weighted by molar-refractivity contribution is -0.119. The van der Waals surface area contributed by atoms with Gasteiger partial charge in [0.15, 0.2) is 0 Å². The molecule has 0 saturated carbocycles. The van der Waals surface area contributed by atoms with Crippen LogP contribution >= 0.6 is 11.5 Å². The second-order valence-corrected chi connectivity index (χ2v) is 4.83. The van der Waals surface area contributed by atoms with Gasteiger partial charge in [-0.05, 0) is 24.5 Å². The molecule has 5 nitrogen and oxygen atoms in total. The number of hydrogen-bond donors (Lipinski definition) is 2. The molecule has 1 saturated heterocycles. The molecule has 0 spiro atoms. The molecular weight excluding hydrogens is 248 g/mol. The lowest BCUT2D eigenvalue weighted by Gasteiger charge is -2.25. The lowest BCUT2D eigenvalue weighted by atomic mass is 10.1. The van der Waals surface area contributed by atoms with E-state index in [4.69, 9.17) is 0 Å². The van der Waals surface area contributed by atoms with Gasteiger partial charge in [-0.25, -0.2) is 0 Å². The number of carbonyl (C=O) groups excluding carboxylic acids is 1. The number of rotatable bonds is 3. The summed E-state index contributed by atoms with van der Waals surface area (Å²) in [7, 11) is 0. The molecule has 3 rings (SSSR count). The summed E-state index contributed by atoms with van der Waals surface area (Å²) in [5.74, 6) is 0.330. The fourth-order valence-electron chi connectivity index (χ4n) is 1.68. The van der Waals surface area contributed by atoms with Gasteiger partial charge in [0, 0.05) is 5.56 Å². The Morgan fingerprint density at radius 3 is 2.83 bits per heavy atom. The molecule has 2 aromatic rings. The third-order valence-corrected chi connectivity index (χ3v) is 3.59. The van der Waals surface area contributed by atoms with E-state index in [1.54, 1.807) is 0 Å². The summed E-state index contributed by atoms with van der Waals surface area (Å²) in [4.78, 5) is 16.0. The van der Waals surface area contributed by atoms with Gasteiger partial charge >= 0.3 is 0 Å². The predicted octanol–water partition coefficient (Wildman–Crippen LogP) is 1.51. The van der Waals surface area contributed by atoms with Crippen LogP contribution in [0, 0.1) is 0 Å².